The molecule has 1 heterocycles. The summed E-state index contributed by atoms with van der Waals surface area (Å²) in [6.45, 7) is 5.83. The summed E-state index contributed by atoms with van der Waals surface area (Å²) in [6, 6.07) is 3.69. The maximum absolute atomic E-state index is 12.9. The number of amides is 3. The molecule has 0 spiro atoms. The highest BCUT2D eigenvalue weighted by atomic mass is 16.6. The molecule has 1 aliphatic rings. The zero-order chi connectivity index (χ0) is 29.4. The van der Waals surface area contributed by atoms with Crippen LogP contribution in [0.3, 0.4) is 0 Å². The van der Waals surface area contributed by atoms with E-state index in [1.165, 1.54) is 25.1 Å². The van der Waals surface area contributed by atoms with Crippen LogP contribution in [0.25, 0.3) is 0 Å². The molecule has 39 heavy (non-hydrogen) atoms. The molecule has 0 bridgehead atoms. The highest BCUT2D eigenvalue weighted by Crippen LogP contribution is 2.26. The van der Waals surface area contributed by atoms with Gasteiger partial charge < -0.3 is 46.8 Å². The summed E-state index contributed by atoms with van der Waals surface area (Å²) in [6.07, 6.45) is 0.744. The summed E-state index contributed by atoms with van der Waals surface area (Å²) in [5, 5.41) is 61.2. The van der Waals surface area contributed by atoms with Crippen LogP contribution in [0.4, 0.5) is 5.69 Å². The van der Waals surface area contributed by atoms with Crippen molar-refractivity contribution in [2.24, 2.45) is 5.92 Å². The number of hydrogen-bond donors (Lipinski definition) is 9. The number of hydrogen-bond acceptors (Lipinski definition) is 9. The van der Waals surface area contributed by atoms with E-state index in [9.17, 15) is 39.6 Å². The first-order chi connectivity index (χ1) is 18.1. The van der Waals surface area contributed by atoms with Gasteiger partial charge in [0, 0.05) is 24.6 Å². The molecule has 2 rings (SSSR count). The lowest BCUT2D eigenvalue weighted by Gasteiger charge is -2.35. The third kappa shape index (κ3) is 9.25. The van der Waals surface area contributed by atoms with E-state index in [2.05, 4.69) is 21.3 Å². The van der Waals surface area contributed by atoms with Gasteiger partial charge >= 0.3 is 11.8 Å². The second-order valence-electron chi connectivity index (χ2n) is 10.4. The largest absolute Gasteiger partial charge is 0.481 e. The average molecular weight is 553 g/mol. The number of aryl methyl sites for hydroxylation is 1. The number of aliphatic carboxylic acids is 1. The van der Waals surface area contributed by atoms with Crippen LogP contribution in [0.1, 0.15) is 58.4 Å². The minimum absolute atomic E-state index is 0.0347. The zero-order valence-corrected chi connectivity index (χ0v) is 22.4. The predicted octanol–water partition coefficient (Wildman–Crippen LogP) is -0.818. The third-order valence-electron chi connectivity index (χ3n) is 6.45. The second-order valence-corrected chi connectivity index (χ2v) is 10.4. The number of benzene rings is 1. The molecule has 0 aromatic heterocycles. The molecule has 1 fully saturated rings. The van der Waals surface area contributed by atoms with Gasteiger partial charge in [-0.15, -0.1) is 0 Å². The van der Waals surface area contributed by atoms with Gasteiger partial charge in [0.1, 0.15) is 6.04 Å². The van der Waals surface area contributed by atoms with Crippen LogP contribution in [-0.2, 0) is 25.6 Å². The first-order valence-corrected chi connectivity index (χ1v) is 13.0. The van der Waals surface area contributed by atoms with Crippen molar-refractivity contribution in [3.63, 3.8) is 0 Å². The van der Waals surface area contributed by atoms with E-state index in [0.29, 0.717) is 24.9 Å². The van der Waals surface area contributed by atoms with Gasteiger partial charge in [-0.25, -0.2) is 0 Å². The Balaban J connectivity index is 2.05. The summed E-state index contributed by atoms with van der Waals surface area (Å²) in [7, 11) is 0. The number of carbonyl (C=O) groups is 4. The van der Waals surface area contributed by atoms with E-state index < -0.39 is 53.9 Å². The molecule has 9 N–H and O–H groups in total. The van der Waals surface area contributed by atoms with Gasteiger partial charge in [0.2, 0.25) is 17.6 Å². The maximum Gasteiger partial charge on any atom is 0.303 e. The molecule has 1 aromatic rings. The van der Waals surface area contributed by atoms with Crippen LogP contribution in [-0.4, -0.2) is 85.5 Å². The SMILES string of the molecule is CC(C)C[C@H](NC(=O)[C@@H]1CCCN1)C(=O)NC(C)CC(O)(O)C(O)(O)C(=O)Nc1ccccc1CCC(=O)O. The number of carbonyl (C=O) groups excluding carboxylic acids is 3. The highest BCUT2D eigenvalue weighted by Gasteiger charge is 2.54. The normalized spacial score (nSPS) is 17.4. The fraction of sp³-hybridized carbons (Fsp3) is 0.615. The van der Waals surface area contributed by atoms with Gasteiger partial charge in [-0.3, -0.25) is 19.2 Å². The zero-order valence-electron chi connectivity index (χ0n) is 22.4. The standard InChI is InChI=1S/C26H40N4O9/c1-15(2)13-20(29-22(33)19-9-6-12-27-19)23(34)28-16(3)14-25(36,37)26(38,39)24(35)30-18-8-5-4-7-17(18)10-11-21(31)32/h4-5,7-8,15-16,19-20,27,36-39H,6,9-14H2,1-3H3,(H,28,34)(H,29,33)(H,30,35)(H,31,32)/t16?,19-,20-/m0/s1. The molecule has 1 aliphatic heterocycles. The van der Waals surface area contributed by atoms with Crippen LogP contribution in [0.15, 0.2) is 24.3 Å². The number of anilines is 1. The molecule has 3 atom stereocenters. The van der Waals surface area contributed by atoms with E-state index in [4.69, 9.17) is 5.11 Å². The number of carboxylic acids is 1. The smallest absolute Gasteiger partial charge is 0.303 e. The molecule has 0 saturated carbocycles. The molecule has 1 unspecified atom stereocenters. The molecule has 0 aliphatic carbocycles. The van der Waals surface area contributed by atoms with Crippen molar-refractivity contribution >= 4 is 29.4 Å². The van der Waals surface area contributed by atoms with E-state index in [-0.39, 0.29) is 30.4 Å². The summed E-state index contributed by atoms with van der Waals surface area (Å²) in [4.78, 5) is 49.0. The minimum atomic E-state index is -3.70. The minimum Gasteiger partial charge on any atom is -0.481 e. The number of carboxylic acid groups (broad SMARTS) is 1. The average Bonchev–Trinajstić information content (AvgIpc) is 3.37. The van der Waals surface area contributed by atoms with Crippen molar-refractivity contribution in [3.8, 4) is 0 Å². The van der Waals surface area contributed by atoms with Crippen molar-refractivity contribution < 1.29 is 44.7 Å². The molecule has 0 radical (unpaired) electrons. The fourth-order valence-electron chi connectivity index (χ4n) is 4.34. The molecule has 13 heteroatoms. The van der Waals surface area contributed by atoms with Crippen LogP contribution in [0, 0.1) is 5.92 Å². The number of nitrogens with one attached hydrogen (secondary N) is 4. The molecule has 1 aromatic carbocycles. The molecule has 218 valence electrons. The van der Waals surface area contributed by atoms with Gasteiger partial charge in [-0.1, -0.05) is 32.0 Å². The fourth-order valence-corrected chi connectivity index (χ4v) is 4.34. The van der Waals surface area contributed by atoms with Crippen molar-refractivity contribution in [1.82, 2.24) is 16.0 Å². The Hall–Kier alpha value is -3.10. The Bertz CT molecular complexity index is 1020. The Kier molecular flexibility index (Phi) is 11.4. The Morgan fingerprint density at radius 3 is 2.31 bits per heavy atom. The summed E-state index contributed by atoms with van der Waals surface area (Å²) >= 11 is 0. The highest BCUT2D eigenvalue weighted by molar-refractivity contribution is 5.97. The Morgan fingerprint density at radius 2 is 1.72 bits per heavy atom. The molecule has 13 nitrogen and oxygen atoms in total. The molecule has 1 saturated heterocycles. The number of aliphatic hydroxyl groups is 4. The third-order valence-corrected chi connectivity index (χ3v) is 6.45. The first-order valence-electron chi connectivity index (χ1n) is 13.0. The molecular weight excluding hydrogens is 512 g/mol. The van der Waals surface area contributed by atoms with Crippen molar-refractivity contribution in [2.45, 2.75) is 89.0 Å². The Morgan fingerprint density at radius 1 is 1.05 bits per heavy atom. The summed E-state index contributed by atoms with van der Waals surface area (Å²) in [5.41, 5.74) is 0.453. The van der Waals surface area contributed by atoms with Crippen molar-refractivity contribution in [3.05, 3.63) is 29.8 Å². The van der Waals surface area contributed by atoms with Crippen LogP contribution in [0.2, 0.25) is 0 Å². The number of rotatable bonds is 14. The van der Waals surface area contributed by atoms with E-state index in [1.807, 2.05) is 13.8 Å². The second kappa shape index (κ2) is 13.8. The lowest BCUT2D eigenvalue weighted by molar-refractivity contribution is -0.338. The van der Waals surface area contributed by atoms with Gasteiger partial charge in [0.25, 0.3) is 5.91 Å². The topological polar surface area (TPSA) is 218 Å². The monoisotopic (exact) mass is 552 g/mol. The van der Waals surface area contributed by atoms with Crippen molar-refractivity contribution in [2.75, 3.05) is 11.9 Å². The van der Waals surface area contributed by atoms with Gasteiger partial charge in [-0.05, 0) is 56.7 Å². The first kappa shape index (κ1) is 32.1. The summed E-state index contributed by atoms with van der Waals surface area (Å²) in [5.74, 6) is -10.6. The maximum atomic E-state index is 12.9. The van der Waals surface area contributed by atoms with Gasteiger partial charge in [0.05, 0.1) is 6.04 Å². The predicted molar refractivity (Wildman–Crippen MR) is 140 cm³/mol. The lowest BCUT2D eigenvalue weighted by atomic mass is 9.96. The van der Waals surface area contributed by atoms with Crippen molar-refractivity contribution in [1.29, 1.82) is 0 Å². The van der Waals surface area contributed by atoms with Crippen LogP contribution in [0.5, 0.6) is 0 Å². The van der Waals surface area contributed by atoms with Crippen LogP contribution >= 0.6 is 0 Å². The molecular formula is C26H40N4O9. The van der Waals surface area contributed by atoms with E-state index >= 15 is 0 Å². The Labute approximate surface area is 227 Å². The van der Waals surface area contributed by atoms with Gasteiger partial charge in [0.15, 0.2) is 0 Å². The van der Waals surface area contributed by atoms with Crippen LogP contribution < -0.4 is 21.3 Å². The van der Waals surface area contributed by atoms with E-state index in [0.717, 1.165) is 6.42 Å². The lowest BCUT2D eigenvalue weighted by Crippen LogP contribution is -2.63. The van der Waals surface area contributed by atoms with Gasteiger partial charge in [-0.2, -0.15) is 0 Å². The number of para-hydroxylation sites is 1. The summed E-state index contributed by atoms with van der Waals surface area (Å²) < 4.78 is 0. The molecule has 3 amide bonds. The van der Waals surface area contributed by atoms with E-state index in [1.54, 1.807) is 6.07 Å². The quantitative estimate of drug-likeness (QED) is 0.131.